The maximum atomic E-state index is 5.12. The van der Waals surface area contributed by atoms with Crippen molar-refractivity contribution < 1.29 is 4.57 Å². The van der Waals surface area contributed by atoms with Crippen molar-refractivity contribution >= 4 is 21.5 Å². The van der Waals surface area contributed by atoms with Crippen LogP contribution >= 0.6 is 0 Å². The SMILES string of the molecule is CC(C)(C)c1cc(-c2cc3[n+](cn2)C(C)(C)C(C)(C)c2c-3cc(C(C)(C)C)c3ccccc23)cc2ccccc12. The van der Waals surface area contributed by atoms with Crippen molar-refractivity contribution in [3.05, 3.63) is 95.8 Å². The molecule has 1 aliphatic rings. The molecule has 0 saturated heterocycles. The van der Waals surface area contributed by atoms with E-state index in [9.17, 15) is 0 Å². The summed E-state index contributed by atoms with van der Waals surface area (Å²) in [5.74, 6) is 0. The predicted molar refractivity (Wildman–Crippen MR) is 170 cm³/mol. The van der Waals surface area contributed by atoms with E-state index >= 15 is 0 Å². The van der Waals surface area contributed by atoms with E-state index in [1.54, 1.807) is 0 Å². The van der Waals surface area contributed by atoms with Crippen LogP contribution in [-0.4, -0.2) is 4.98 Å². The van der Waals surface area contributed by atoms with Crippen molar-refractivity contribution in [2.24, 2.45) is 0 Å². The van der Waals surface area contributed by atoms with Gasteiger partial charge in [0.25, 0.3) is 6.33 Å². The van der Waals surface area contributed by atoms with E-state index < -0.39 is 0 Å². The maximum Gasteiger partial charge on any atom is 0.287 e. The molecule has 4 aromatic carbocycles. The molecule has 0 unspecified atom stereocenters. The first-order valence-corrected chi connectivity index (χ1v) is 14.7. The summed E-state index contributed by atoms with van der Waals surface area (Å²) in [6.45, 7) is 23.4. The topological polar surface area (TPSA) is 16.8 Å². The molecular formula is C38H43N2+. The molecule has 40 heavy (non-hydrogen) atoms. The van der Waals surface area contributed by atoms with Crippen molar-refractivity contribution in [1.82, 2.24) is 4.98 Å². The molecule has 0 spiro atoms. The fraction of sp³-hybridized carbons (Fsp3) is 0.368. The van der Waals surface area contributed by atoms with Gasteiger partial charge in [-0.1, -0.05) is 104 Å². The number of nitrogens with zero attached hydrogens (tertiary/aromatic N) is 2. The second-order valence-electron chi connectivity index (χ2n) is 14.9. The molecule has 204 valence electrons. The maximum absolute atomic E-state index is 5.12. The molecule has 0 atom stereocenters. The first-order chi connectivity index (χ1) is 18.6. The predicted octanol–water partition coefficient (Wildman–Crippen LogP) is 9.63. The van der Waals surface area contributed by atoms with E-state index in [2.05, 4.69) is 153 Å². The molecule has 1 aliphatic heterocycles. The van der Waals surface area contributed by atoms with Crippen LogP contribution in [0.25, 0.3) is 44.1 Å². The highest BCUT2D eigenvalue weighted by Gasteiger charge is 2.51. The first kappa shape index (κ1) is 26.7. The summed E-state index contributed by atoms with van der Waals surface area (Å²) in [5, 5.41) is 5.32. The highest BCUT2D eigenvalue weighted by atomic mass is 15.1. The lowest BCUT2D eigenvalue weighted by Gasteiger charge is -2.46. The number of hydrogen-bond acceptors (Lipinski definition) is 1. The normalized spacial score (nSPS) is 16.1. The summed E-state index contributed by atoms with van der Waals surface area (Å²) in [7, 11) is 0. The second-order valence-corrected chi connectivity index (χ2v) is 14.9. The van der Waals surface area contributed by atoms with Gasteiger partial charge >= 0.3 is 0 Å². The lowest BCUT2D eigenvalue weighted by Crippen LogP contribution is -2.65. The summed E-state index contributed by atoms with van der Waals surface area (Å²) in [5.41, 5.74) is 8.71. The lowest BCUT2D eigenvalue weighted by atomic mass is 9.63. The van der Waals surface area contributed by atoms with Gasteiger partial charge in [-0.2, -0.15) is 0 Å². The Hall–Kier alpha value is -3.52. The van der Waals surface area contributed by atoms with Gasteiger partial charge in [-0.3, -0.25) is 0 Å². The van der Waals surface area contributed by atoms with Gasteiger partial charge < -0.3 is 0 Å². The van der Waals surface area contributed by atoms with Crippen LogP contribution in [0.2, 0.25) is 0 Å². The van der Waals surface area contributed by atoms with Crippen molar-refractivity contribution in [3.63, 3.8) is 0 Å². The smallest absolute Gasteiger partial charge is 0.224 e. The van der Waals surface area contributed by atoms with Crippen LogP contribution in [0.5, 0.6) is 0 Å². The Morgan fingerprint density at radius 2 is 1.23 bits per heavy atom. The average Bonchev–Trinajstić information content (AvgIpc) is 2.89. The Kier molecular flexibility index (Phi) is 5.67. The Labute approximate surface area is 240 Å². The van der Waals surface area contributed by atoms with Crippen LogP contribution in [0.4, 0.5) is 0 Å². The molecule has 0 bridgehead atoms. The van der Waals surface area contributed by atoms with Gasteiger partial charge in [0, 0.05) is 22.6 Å². The average molecular weight is 528 g/mol. The zero-order valence-electron chi connectivity index (χ0n) is 25.9. The largest absolute Gasteiger partial charge is 0.287 e. The highest BCUT2D eigenvalue weighted by Crippen LogP contribution is 2.50. The van der Waals surface area contributed by atoms with E-state index in [4.69, 9.17) is 4.98 Å². The molecule has 0 amide bonds. The molecule has 2 heteroatoms. The number of fused-ring (bicyclic) bond motifs is 6. The third-order valence-electron chi connectivity index (χ3n) is 9.70. The monoisotopic (exact) mass is 527 g/mol. The fourth-order valence-corrected chi connectivity index (χ4v) is 6.79. The van der Waals surface area contributed by atoms with Crippen LogP contribution < -0.4 is 4.57 Å². The fourth-order valence-electron chi connectivity index (χ4n) is 6.79. The molecule has 5 aromatic rings. The summed E-state index contributed by atoms with van der Waals surface area (Å²) >= 11 is 0. The molecular weight excluding hydrogens is 484 g/mol. The molecule has 0 radical (unpaired) electrons. The third-order valence-corrected chi connectivity index (χ3v) is 9.70. The van der Waals surface area contributed by atoms with Crippen LogP contribution in [-0.2, 0) is 21.8 Å². The number of benzene rings is 4. The minimum atomic E-state index is -0.174. The third kappa shape index (κ3) is 3.83. The van der Waals surface area contributed by atoms with Crippen molar-refractivity contribution in [3.8, 4) is 22.5 Å². The van der Waals surface area contributed by atoms with E-state index in [0.29, 0.717) is 0 Å². The van der Waals surface area contributed by atoms with Crippen LogP contribution in [0, 0.1) is 0 Å². The molecule has 0 fully saturated rings. The zero-order valence-corrected chi connectivity index (χ0v) is 25.9. The number of hydrogen-bond donors (Lipinski definition) is 0. The van der Waals surface area contributed by atoms with E-state index in [1.165, 1.54) is 55.1 Å². The summed E-state index contributed by atoms with van der Waals surface area (Å²) in [6, 6.07) is 27.3. The summed E-state index contributed by atoms with van der Waals surface area (Å²) in [4.78, 5) is 5.12. The van der Waals surface area contributed by atoms with Crippen molar-refractivity contribution in [2.45, 2.75) is 91.0 Å². The van der Waals surface area contributed by atoms with E-state index in [-0.39, 0.29) is 21.8 Å². The highest BCUT2D eigenvalue weighted by molar-refractivity contribution is 5.96. The molecule has 2 nitrogen and oxygen atoms in total. The zero-order chi connectivity index (χ0) is 28.8. The quantitative estimate of drug-likeness (QED) is 0.198. The Morgan fingerprint density at radius 3 is 1.88 bits per heavy atom. The van der Waals surface area contributed by atoms with E-state index in [0.717, 1.165) is 5.69 Å². The van der Waals surface area contributed by atoms with Gasteiger partial charge in [0.15, 0.2) is 5.69 Å². The first-order valence-electron chi connectivity index (χ1n) is 14.7. The number of aromatic nitrogens is 2. The molecule has 0 N–H and O–H groups in total. The molecule has 1 aromatic heterocycles. The van der Waals surface area contributed by atoms with Gasteiger partial charge in [-0.05, 0) is 86.1 Å². The van der Waals surface area contributed by atoms with Crippen LogP contribution in [0.1, 0.15) is 85.9 Å². The Bertz CT molecular complexity index is 1810. The Morgan fingerprint density at radius 1 is 0.650 bits per heavy atom. The minimum Gasteiger partial charge on any atom is -0.224 e. The van der Waals surface area contributed by atoms with Crippen LogP contribution in [0.3, 0.4) is 0 Å². The Balaban J connectivity index is 1.69. The minimum absolute atomic E-state index is 0.0202. The second kappa shape index (κ2) is 8.49. The van der Waals surface area contributed by atoms with E-state index in [1.807, 2.05) is 0 Å². The van der Waals surface area contributed by atoms with Crippen LogP contribution in [0.15, 0.2) is 79.1 Å². The number of rotatable bonds is 1. The lowest BCUT2D eigenvalue weighted by molar-refractivity contribution is -0.762. The van der Waals surface area contributed by atoms with Gasteiger partial charge in [-0.25, -0.2) is 4.57 Å². The molecule has 6 rings (SSSR count). The molecule has 0 aliphatic carbocycles. The van der Waals surface area contributed by atoms with Gasteiger partial charge in [0.2, 0.25) is 0 Å². The van der Waals surface area contributed by atoms with Gasteiger partial charge in [-0.15, -0.1) is 0 Å². The molecule has 0 saturated carbocycles. The molecule has 2 heterocycles. The van der Waals surface area contributed by atoms with Crippen molar-refractivity contribution in [2.75, 3.05) is 0 Å². The summed E-state index contributed by atoms with van der Waals surface area (Å²) in [6.07, 6.45) is 2.09. The summed E-state index contributed by atoms with van der Waals surface area (Å²) < 4.78 is 2.42. The van der Waals surface area contributed by atoms with Crippen molar-refractivity contribution in [1.29, 1.82) is 0 Å². The standard InChI is InChI=1S/C38H43N2/c1-35(2,3)30-20-25(19-24-15-11-12-16-26(24)30)32-22-33-29-21-31(36(4,5)6)27-17-13-14-18-28(27)34(29)37(7,8)38(9,10)40(33)23-39-32/h11-23H,1-10H3/q+1. The van der Waals surface area contributed by atoms with Gasteiger partial charge in [0.05, 0.1) is 0 Å². The van der Waals surface area contributed by atoms with Gasteiger partial charge in [0.1, 0.15) is 11.2 Å².